The van der Waals surface area contributed by atoms with Crippen molar-refractivity contribution in [3.05, 3.63) is 16.1 Å². The topological polar surface area (TPSA) is 58.5 Å². The summed E-state index contributed by atoms with van der Waals surface area (Å²) < 4.78 is 5.98. The fraction of sp³-hybridized carbons (Fsp3) is 0.778. The van der Waals surface area contributed by atoms with Crippen LogP contribution in [0.25, 0.3) is 0 Å². The second kappa shape index (κ2) is 8.52. The van der Waals surface area contributed by atoms with Crippen LogP contribution in [0.5, 0.6) is 0 Å². The third kappa shape index (κ3) is 4.30. The molecule has 3 rings (SSSR count). The van der Waals surface area contributed by atoms with Crippen LogP contribution in [-0.2, 0) is 11.3 Å². The van der Waals surface area contributed by atoms with E-state index in [1.54, 1.807) is 11.3 Å². The number of aliphatic imine (C=N–C) groups is 1. The molecule has 1 aromatic heterocycles. The number of aromatic nitrogens is 1. The molecular formula is C18H31IN4OS. The van der Waals surface area contributed by atoms with Crippen molar-refractivity contribution in [1.29, 1.82) is 0 Å². The van der Waals surface area contributed by atoms with Crippen LogP contribution in [0.15, 0.2) is 10.4 Å². The Morgan fingerprint density at radius 2 is 2.24 bits per heavy atom. The molecule has 142 valence electrons. The Morgan fingerprint density at radius 1 is 1.48 bits per heavy atom. The first-order valence-corrected chi connectivity index (χ1v) is 9.84. The maximum atomic E-state index is 5.98. The number of nitrogens with zero attached hydrogens (tertiary/aromatic N) is 2. The van der Waals surface area contributed by atoms with E-state index in [1.165, 1.54) is 18.5 Å². The predicted octanol–water partition coefficient (Wildman–Crippen LogP) is 3.75. The molecule has 3 atom stereocenters. The van der Waals surface area contributed by atoms with Gasteiger partial charge >= 0.3 is 0 Å². The van der Waals surface area contributed by atoms with Gasteiger partial charge in [0.2, 0.25) is 0 Å². The second-order valence-corrected chi connectivity index (χ2v) is 8.73. The molecule has 1 aliphatic carbocycles. The van der Waals surface area contributed by atoms with E-state index >= 15 is 0 Å². The van der Waals surface area contributed by atoms with Crippen LogP contribution in [-0.4, -0.2) is 36.7 Å². The number of halogens is 1. The van der Waals surface area contributed by atoms with Crippen LogP contribution in [0.1, 0.15) is 57.2 Å². The number of nitrogens with one attached hydrogen (secondary N) is 2. The highest BCUT2D eigenvalue weighted by Gasteiger charge is 2.58. The van der Waals surface area contributed by atoms with Gasteiger partial charge in [0.1, 0.15) is 5.01 Å². The summed E-state index contributed by atoms with van der Waals surface area (Å²) in [6, 6.07) is 0.413. The molecule has 0 aromatic carbocycles. The SMILES string of the molecule is CN=C(NCc1nc(C(C)C)cs1)NC1C2CCCOC2C1(C)C.I. The maximum Gasteiger partial charge on any atom is 0.191 e. The number of hydrogen-bond acceptors (Lipinski definition) is 4. The molecule has 3 unspecified atom stereocenters. The van der Waals surface area contributed by atoms with E-state index in [-0.39, 0.29) is 29.4 Å². The van der Waals surface area contributed by atoms with Gasteiger partial charge in [0.05, 0.1) is 18.3 Å². The standard InChI is InChI=1S/C18H30N4OS.HI/c1-11(2)13-10-24-14(21-13)9-20-17(19-5)22-15-12-7-6-8-23-16(12)18(15,3)4;/h10-12,15-16H,6-9H2,1-5H3,(H2,19,20,22);1H. The van der Waals surface area contributed by atoms with Crippen molar-refractivity contribution in [3.63, 3.8) is 0 Å². The highest BCUT2D eigenvalue weighted by Crippen LogP contribution is 2.51. The molecule has 0 bridgehead atoms. The van der Waals surface area contributed by atoms with E-state index in [0.717, 1.165) is 24.1 Å². The van der Waals surface area contributed by atoms with Crippen LogP contribution in [0, 0.1) is 11.3 Å². The molecule has 25 heavy (non-hydrogen) atoms. The number of guanidine groups is 1. The summed E-state index contributed by atoms with van der Waals surface area (Å²) in [6.45, 7) is 10.6. The molecule has 0 radical (unpaired) electrons. The van der Waals surface area contributed by atoms with Gasteiger partial charge in [0, 0.05) is 36.4 Å². The Balaban J connectivity index is 0.00000225. The zero-order valence-electron chi connectivity index (χ0n) is 15.8. The first-order chi connectivity index (χ1) is 11.4. The lowest BCUT2D eigenvalue weighted by molar-refractivity contribution is -0.188. The average molecular weight is 478 g/mol. The normalized spacial score (nSPS) is 27.9. The zero-order valence-corrected chi connectivity index (χ0v) is 19.0. The van der Waals surface area contributed by atoms with Gasteiger partial charge in [0.15, 0.2) is 5.96 Å². The van der Waals surface area contributed by atoms with Crippen molar-refractivity contribution in [2.75, 3.05) is 13.7 Å². The van der Waals surface area contributed by atoms with Crippen LogP contribution in [0.3, 0.4) is 0 Å². The smallest absolute Gasteiger partial charge is 0.191 e. The van der Waals surface area contributed by atoms with Crippen molar-refractivity contribution in [2.24, 2.45) is 16.3 Å². The fourth-order valence-corrected chi connectivity index (χ4v) is 4.88. The van der Waals surface area contributed by atoms with Gasteiger partial charge < -0.3 is 15.4 Å². The van der Waals surface area contributed by atoms with Gasteiger partial charge in [0.25, 0.3) is 0 Å². The fourth-order valence-electron chi connectivity index (χ4n) is 3.99. The Morgan fingerprint density at radius 3 is 2.88 bits per heavy atom. The van der Waals surface area contributed by atoms with Gasteiger partial charge in [-0.25, -0.2) is 4.98 Å². The Labute approximate surface area is 172 Å². The lowest BCUT2D eigenvalue weighted by Crippen LogP contribution is -2.70. The van der Waals surface area contributed by atoms with Crippen LogP contribution in [0.4, 0.5) is 0 Å². The summed E-state index contributed by atoms with van der Waals surface area (Å²) in [6.07, 6.45) is 2.79. The van der Waals surface area contributed by atoms with Crippen LogP contribution >= 0.6 is 35.3 Å². The summed E-state index contributed by atoms with van der Waals surface area (Å²) in [5.41, 5.74) is 1.32. The minimum absolute atomic E-state index is 0. The van der Waals surface area contributed by atoms with Gasteiger partial charge in [-0.15, -0.1) is 35.3 Å². The summed E-state index contributed by atoms with van der Waals surface area (Å²) in [7, 11) is 1.83. The van der Waals surface area contributed by atoms with E-state index in [0.29, 0.717) is 24.0 Å². The lowest BCUT2D eigenvalue weighted by atomic mass is 9.55. The molecule has 2 heterocycles. The second-order valence-electron chi connectivity index (χ2n) is 7.79. The highest BCUT2D eigenvalue weighted by molar-refractivity contribution is 14.0. The summed E-state index contributed by atoms with van der Waals surface area (Å²) in [4.78, 5) is 9.08. The summed E-state index contributed by atoms with van der Waals surface area (Å²) >= 11 is 1.71. The molecule has 2 N–H and O–H groups in total. The largest absolute Gasteiger partial charge is 0.377 e. The van der Waals surface area contributed by atoms with Crippen molar-refractivity contribution in [2.45, 2.75) is 65.1 Å². The van der Waals surface area contributed by atoms with Crippen molar-refractivity contribution in [1.82, 2.24) is 15.6 Å². The number of thiazole rings is 1. The average Bonchev–Trinajstić information content (AvgIpc) is 3.04. The lowest BCUT2D eigenvalue weighted by Gasteiger charge is -2.60. The molecule has 1 saturated carbocycles. The molecule has 0 amide bonds. The monoisotopic (exact) mass is 478 g/mol. The van der Waals surface area contributed by atoms with Crippen LogP contribution < -0.4 is 10.6 Å². The Kier molecular flexibility index (Phi) is 7.12. The summed E-state index contributed by atoms with van der Waals surface area (Å²) in [5.74, 6) is 1.93. The first-order valence-electron chi connectivity index (χ1n) is 8.96. The molecular weight excluding hydrogens is 447 g/mol. The van der Waals surface area contributed by atoms with E-state index in [1.807, 2.05) is 7.05 Å². The molecule has 1 aliphatic heterocycles. The van der Waals surface area contributed by atoms with E-state index < -0.39 is 0 Å². The molecule has 7 heteroatoms. The maximum absolute atomic E-state index is 5.98. The predicted molar refractivity (Wildman–Crippen MR) is 115 cm³/mol. The van der Waals surface area contributed by atoms with Crippen molar-refractivity contribution >= 4 is 41.3 Å². The third-order valence-electron chi connectivity index (χ3n) is 5.42. The van der Waals surface area contributed by atoms with Gasteiger partial charge in [-0.05, 0) is 18.8 Å². The minimum atomic E-state index is 0. The summed E-state index contributed by atoms with van der Waals surface area (Å²) in [5, 5.41) is 10.3. The van der Waals surface area contributed by atoms with Gasteiger partial charge in [-0.2, -0.15) is 0 Å². The Bertz CT molecular complexity index is 602. The highest BCUT2D eigenvalue weighted by atomic mass is 127. The molecule has 1 saturated heterocycles. The molecule has 2 aliphatic rings. The third-order valence-corrected chi connectivity index (χ3v) is 6.28. The number of fused-ring (bicyclic) bond motifs is 1. The molecule has 0 spiro atoms. The molecule has 5 nitrogen and oxygen atoms in total. The van der Waals surface area contributed by atoms with Gasteiger partial charge in [-0.3, -0.25) is 4.99 Å². The van der Waals surface area contributed by atoms with Crippen molar-refractivity contribution in [3.8, 4) is 0 Å². The molecule has 1 aromatic rings. The first kappa shape index (κ1) is 20.9. The number of ether oxygens (including phenoxy) is 1. The van der Waals surface area contributed by atoms with Crippen LogP contribution in [0.2, 0.25) is 0 Å². The van der Waals surface area contributed by atoms with E-state index in [2.05, 4.69) is 53.7 Å². The van der Waals surface area contributed by atoms with Gasteiger partial charge in [-0.1, -0.05) is 27.7 Å². The van der Waals surface area contributed by atoms with Crippen molar-refractivity contribution < 1.29 is 4.74 Å². The Hall–Kier alpha value is -0.410. The van der Waals surface area contributed by atoms with E-state index in [4.69, 9.17) is 4.74 Å². The molecule has 2 fully saturated rings. The zero-order chi connectivity index (χ0) is 17.3. The number of rotatable bonds is 4. The minimum Gasteiger partial charge on any atom is -0.377 e. The number of hydrogen-bond donors (Lipinski definition) is 2. The quantitative estimate of drug-likeness (QED) is 0.393. The van der Waals surface area contributed by atoms with E-state index in [9.17, 15) is 0 Å².